The third kappa shape index (κ3) is 2.50. The Bertz CT molecular complexity index is 291. The van der Waals surface area contributed by atoms with Crippen LogP contribution in [0.2, 0.25) is 5.02 Å². The zero-order chi connectivity index (χ0) is 9.14. The zero-order valence-corrected chi connectivity index (χ0v) is 10.9. The van der Waals surface area contributed by atoms with Crippen molar-refractivity contribution in [3.05, 3.63) is 25.2 Å². The van der Waals surface area contributed by atoms with E-state index in [1.54, 1.807) is 0 Å². The molecule has 1 nitrogen and oxygen atoms in total. The van der Waals surface area contributed by atoms with E-state index in [0.29, 0.717) is 11.6 Å². The molecule has 0 atom stereocenters. The summed E-state index contributed by atoms with van der Waals surface area (Å²) in [6, 6.07) is 3.75. The van der Waals surface area contributed by atoms with E-state index in [-0.39, 0.29) is 0 Å². The number of halogens is 3. The SMILES string of the molecule is CCOc1cc(I)c(Br)cc1Cl. The molecular weight excluding hydrogens is 354 g/mol. The van der Waals surface area contributed by atoms with Crippen molar-refractivity contribution in [2.45, 2.75) is 6.92 Å². The predicted molar refractivity (Wildman–Crippen MR) is 63.0 cm³/mol. The molecule has 0 heterocycles. The van der Waals surface area contributed by atoms with E-state index in [4.69, 9.17) is 16.3 Å². The van der Waals surface area contributed by atoms with Crippen molar-refractivity contribution >= 4 is 50.1 Å². The molecule has 0 bridgehead atoms. The summed E-state index contributed by atoms with van der Waals surface area (Å²) >= 11 is 11.5. The molecule has 0 spiro atoms. The Labute approximate surface area is 98.7 Å². The fourth-order valence-electron chi connectivity index (χ4n) is 0.770. The highest BCUT2D eigenvalue weighted by atomic mass is 127. The van der Waals surface area contributed by atoms with Gasteiger partial charge in [-0.2, -0.15) is 0 Å². The quantitative estimate of drug-likeness (QED) is 0.569. The summed E-state index contributed by atoms with van der Waals surface area (Å²) in [6.45, 7) is 2.57. The number of rotatable bonds is 2. The predicted octanol–water partition coefficient (Wildman–Crippen LogP) is 4.11. The van der Waals surface area contributed by atoms with Gasteiger partial charge in [-0.15, -0.1) is 0 Å². The first-order chi connectivity index (χ1) is 5.65. The molecule has 0 aliphatic carbocycles. The summed E-state index contributed by atoms with van der Waals surface area (Å²) in [6.07, 6.45) is 0. The molecule has 4 heteroatoms. The molecule has 0 aliphatic rings. The molecule has 66 valence electrons. The van der Waals surface area contributed by atoms with E-state index < -0.39 is 0 Å². The largest absolute Gasteiger partial charge is 0.492 e. The maximum Gasteiger partial charge on any atom is 0.138 e. The fraction of sp³-hybridized carbons (Fsp3) is 0.250. The van der Waals surface area contributed by atoms with Crippen LogP contribution in [0.1, 0.15) is 6.92 Å². The normalized spacial score (nSPS) is 10.0. The lowest BCUT2D eigenvalue weighted by atomic mass is 10.3. The Morgan fingerprint density at radius 3 is 2.83 bits per heavy atom. The molecule has 1 rings (SSSR count). The Hall–Kier alpha value is 0.520. The maximum atomic E-state index is 5.92. The van der Waals surface area contributed by atoms with Crippen LogP contribution in [0.25, 0.3) is 0 Å². The van der Waals surface area contributed by atoms with Crippen LogP contribution in [0.3, 0.4) is 0 Å². The van der Waals surface area contributed by atoms with Crippen molar-refractivity contribution in [3.63, 3.8) is 0 Å². The van der Waals surface area contributed by atoms with Crippen LogP contribution in [0.15, 0.2) is 16.6 Å². The molecule has 0 saturated heterocycles. The van der Waals surface area contributed by atoms with Crippen molar-refractivity contribution in [1.82, 2.24) is 0 Å². The van der Waals surface area contributed by atoms with Gasteiger partial charge in [-0.05, 0) is 57.6 Å². The van der Waals surface area contributed by atoms with Gasteiger partial charge in [0.1, 0.15) is 5.75 Å². The average molecular weight is 361 g/mol. The van der Waals surface area contributed by atoms with Gasteiger partial charge in [0.2, 0.25) is 0 Å². The van der Waals surface area contributed by atoms with Crippen LogP contribution in [0.5, 0.6) is 5.75 Å². The van der Waals surface area contributed by atoms with Gasteiger partial charge in [0.25, 0.3) is 0 Å². The van der Waals surface area contributed by atoms with E-state index in [9.17, 15) is 0 Å². The van der Waals surface area contributed by atoms with Crippen LogP contribution in [-0.2, 0) is 0 Å². The molecule has 0 N–H and O–H groups in total. The molecule has 1 aromatic rings. The van der Waals surface area contributed by atoms with Gasteiger partial charge in [-0.3, -0.25) is 0 Å². The minimum atomic E-state index is 0.636. The maximum absolute atomic E-state index is 5.92. The first kappa shape index (κ1) is 10.6. The van der Waals surface area contributed by atoms with E-state index >= 15 is 0 Å². The summed E-state index contributed by atoms with van der Waals surface area (Å²) in [5.74, 6) is 0.742. The van der Waals surface area contributed by atoms with Crippen molar-refractivity contribution in [1.29, 1.82) is 0 Å². The minimum absolute atomic E-state index is 0.636. The van der Waals surface area contributed by atoms with Crippen LogP contribution < -0.4 is 4.74 Å². The summed E-state index contributed by atoms with van der Waals surface area (Å²) in [5.41, 5.74) is 0. The molecule has 0 aliphatic heterocycles. The lowest BCUT2D eigenvalue weighted by Crippen LogP contribution is -1.92. The molecule has 0 radical (unpaired) electrons. The summed E-state index contributed by atoms with van der Waals surface area (Å²) < 4.78 is 7.41. The second kappa shape index (κ2) is 4.67. The average Bonchev–Trinajstić information content (AvgIpc) is 2.01. The molecule has 1 aromatic carbocycles. The van der Waals surface area contributed by atoms with Gasteiger partial charge >= 0.3 is 0 Å². The highest BCUT2D eigenvalue weighted by Gasteiger charge is 2.04. The zero-order valence-electron chi connectivity index (χ0n) is 6.40. The first-order valence-electron chi connectivity index (χ1n) is 3.42. The van der Waals surface area contributed by atoms with Gasteiger partial charge < -0.3 is 4.74 Å². The van der Waals surface area contributed by atoms with Crippen molar-refractivity contribution < 1.29 is 4.74 Å². The Kier molecular flexibility index (Phi) is 4.13. The van der Waals surface area contributed by atoms with Gasteiger partial charge in [0.05, 0.1) is 11.6 Å². The van der Waals surface area contributed by atoms with Crippen LogP contribution in [0.4, 0.5) is 0 Å². The third-order valence-electron chi connectivity index (χ3n) is 1.27. The lowest BCUT2D eigenvalue weighted by molar-refractivity contribution is 0.340. The van der Waals surface area contributed by atoms with Crippen molar-refractivity contribution in [3.8, 4) is 5.75 Å². The van der Waals surface area contributed by atoms with Gasteiger partial charge in [0.15, 0.2) is 0 Å². The molecule has 0 amide bonds. The summed E-state index contributed by atoms with van der Waals surface area (Å²) in [4.78, 5) is 0. The summed E-state index contributed by atoms with van der Waals surface area (Å²) in [7, 11) is 0. The highest BCUT2D eigenvalue weighted by Crippen LogP contribution is 2.31. The number of benzene rings is 1. The molecular formula is C8H7BrClIO. The second-order valence-electron chi connectivity index (χ2n) is 2.13. The highest BCUT2D eigenvalue weighted by molar-refractivity contribution is 14.1. The van der Waals surface area contributed by atoms with Gasteiger partial charge in [0, 0.05) is 8.04 Å². The topological polar surface area (TPSA) is 9.23 Å². The Balaban J connectivity index is 3.05. The summed E-state index contributed by atoms with van der Waals surface area (Å²) in [5, 5.41) is 0.643. The number of hydrogen-bond donors (Lipinski definition) is 0. The van der Waals surface area contributed by atoms with Crippen molar-refractivity contribution in [2.24, 2.45) is 0 Å². The second-order valence-corrected chi connectivity index (χ2v) is 4.55. The monoisotopic (exact) mass is 360 g/mol. The molecule has 0 fully saturated rings. The fourth-order valence-corrected chi connectivity index (χ4v) is 1.90. The number of ether oxygens (including phenoxy) is 1. The van der Waals surface area contributed by atoms with E-state index in [0.717, 1.165) is 13.8 Å². The molecule has 0 unspecified atom stereocenters. The Morgan fingerprint density at radius 1 is 1.58 bits per heavy atom. The third-order valence-corrected chi connectivity index (χ3v) is 3.86. The van der Waals surface area contributed by atoms with Gasteiger partial charge in [-0.25, -0.2) is 0 Å². The van der Waals surface area contributed by atoms with Crippen LogP contribution in [-0.4, -0.2) is 6.61 Å². The number of hydrogen-bond acceptors (Lipinski definition) is 1. The van der Waals surface area contributed by atoms with E-state index in [2.05, 4.69) is 38.5 Å². The van der Waals surface area contributed by atoms with E-state index in [1.807, 2.05) is 19.1 Å². The first-order valence-corrected chi connectivity index (χ1v) is 5.67. The van der Waals surface area contributed by atoms with Crippen molar-refractivity contribution in [2.75, 3.05) is 6.61 Å². The minimum Gasteiger partial charge on any atom is -0.492 e. The lowest BCUT2D eigenvalue weighted by Gasteiger charge is -2.06. The molecule has 12 heavy (non-hydrogen) atoms. The standard InChI is InChI=1S/C8H7BrClIO/c1-2-12-8-4-7(11)5(9)3-6(8)10/h3-4H,2H2,1H3. The van der Waals surface area contributed by atoms with Crippen LogP contribution >= 0.6 is 50.1 Å². The Morgan fingerprint density at radius 2 is 2.25 bits per heavy atom. The molecule has 0 aromatic heterocycles. The van der Waals surface area contributed by atoms with Crippen LogP contribution in [0, 0.1) is 3.57 Å². The molecule has 0 saturated carbocycles. The van der Waals surface area contributed by atoms with E-state index in [1.165, 1.54) is 0 Å². The smallest absolute Gasteiger partial charge is 0.138 e. The van der Waals surface area contributed by atoms with Gasteiger partial charge in [-0.1, -0.05) is 11.6 Å².